The van der Waals surface area contributed by atoms with Crippen molar-refractivity contribution in [2.75, 3.05) is 0 Å². The largest absolute Gasteiger partial charge is 0.326 e. The molecule has 0 spiro atoms. The standard InChI is InChI=1S/C7H9N.C5H7N3/c8-6-7-4-2-1-3-5-7;6-4-5-2-1-3-7-8-5/h1-5H,6,8H2;1-3H,4,6H2. The smallest absolute Gasteiger partial charge is 0.0766 e. The van der Waals surface area contributed by atoms with Crippen molar-refractivity contribution in [2.24, 2.45) is 11.5 Å². The maximum atomic E-state index is 5.35. The molecule has 1 heterocycles. The fourth-order valence-corrected chi connectivity index (χ4v) is 1.06. The molecule has 2 aromatic rings. The summed E-state index contributed by atoms with van der Waals surface area (Å²) in [7, 11) is 0. The van der Waals surface area contributed by atoms with Crippen molar-refractivity contribution in [3.05, 3.63) is 59.9 Å². The van der Waals surface area contributed by atoms with Gasteiger partial charge in [0.15, 0.2) is 0 Å². The second kappa shape index (κ2) is 7.50. The molecule has 2 rings (SSSR count). The minimum atomic E-state index is 0.466. The van der Waals surface area contributed by atoms with Crippen LogP contribution in [0.4, 0.5) is 0 Å². The summed E-state index contributed by atoms with van der Waals surface area (Å²) in [5.74, 6) is 0. The molecule has 0 aliphatic rings. The van der Waals surface area contributed by atoms with Gasteiger partial charge in [0, 0.05) is 19.3 Å². The van der Waals surface area contributed by atoms with Crippen LogP contribution >= 0.6 is 0 Å². The zero-order valence-electron chi connectivity index (χ0n) is 9.08. The summed E-state index contributed by atoms with van der Waals surface area (Å²) < 4.78 is 0. The lowest BCUT2D eigenvalue weighted by atomic mass is 10.2. The van der Waals surface area contributed by atoms with E-state index < -0.39 is 0 Å². The SMILES string of the molecule is NCc1ccccc1.NCc1cccnn1. The molecule has 0 aliphatic carbocycles. The van der Waals surface area contributed by atoms with Crippen LogP contribution in [-0.4, -0.2) is 10.2 Å². The highest BCUT2D eigenvalue weighted by molar-refractivity contribution is 5.13. The van der Waals surface area contributed by atoms with Gasteiger partial charge in [-0.2, -0.15) is 10.2 Å². The van der Waals surface area contributed by atoms with Crippen LogP contribution in [0.2, 0.25) is 0 Å². The summed E-state index contributed by atoms with van der Waals surface area (Å²) >= 11 is 0. The molecule has 0 bridgehead atoms. The van der Waals surface area contributed by atoms with Crippen molar-refractivity contribution >= 4 is 0 Å². The lowest BCUT2D eigenvalue weighted by Crippen LogP contribution is -1.99. The highest BCUT2D eigenvalue weighted by Gasteiger charge is 1.83. The molecule has 0 aliphatic heterocycles. The molecule has 0 atom stereocenters. The Morgan fingerprint density at radius 3 is 2.00 bits per heavy atom. The Morgan fingerprint density at radius 2 is 1.62 bits per heavy atom. The number of nitrogens with zero attached hydrogens (tertiary/aromatic N) is 2. The van der Waals surface area contributed by atoms with Crippen molar-refractivity contribution in [2.45, 2.75) is 13.1 Å². The first-order chi connectivity index (χ1) is 7.86. The Hall–Kier alpha value is -1.78. The van der Waals surface area contributed by atoms with Gasteiger partial charge < -0.3 is 11.5 Å². The van der Waals surface area contributed by atoms with Crippen molar-refractivity contribution in [1.29, 1.82) is 0 Å². The van der Waals surface area contributed by atoms with Gasteiger partial charge >= 0.3 is 0 Å². The molecule has 1 aromatic heterocycles. The predicted molar refractivity (Wildman–Crippen MR) is 64.3 cm³/mol. The minimum absolute atomic E-state index is 0.466. The predicted octanol–water partition coefficient (Wildman–Crippen LogP) is 1.08. The molecule has 0 radical (unpaired) electrons. The first kappa shape index (κ1) is 12.3. The minimum Gasteiger partial charge on any atom is -0.326 e. The number of rotatable bonds is 2. The fraction of sp³-hybridized carbons (Fsp3) is 0.167. The van der Waals surface area contributed by atoms with Crippen molar-refractivity contribution in [1.82, 2.24) is 10.2 Å². The third kappa shape index (κ3) is 4.63. The van der Waals surface area contributed by atoms with E-state index in [-0.39, 0.29) is 0 Å². The third-order valence-electron chi connectivity index (χ3n) is 1.92. The van der Waals surface area contributed by atoms with E-state index in [1.807, 2.05) is 42.5 Å². The van der Waals surface area contributed by atoms with Crippen molar-refractivity contribution < 1.29 is 0 Å². The van der Waals surface area contributed by atoms with Crippen LogP contribution in [0.15, 0.2) is 48.7 Å². The second-order valence-electron chi connectivity index (χ2n) is 3.11. The third-order valence-corrected chi connectivity index (χ3v) is 1.92. The monoisotopic (exact) mass is 216 g/mol. The normalized spacial score (nSPS) is 9.12. The molecule has 16 heavy (non-hydrogen) atoms. The van der Waals surface area contributed by atoms with E-state index in [1.54, 1.807) is 6.20 Å². The van der Waals surface area contributed by atoms with Gasteiger partial charge in [0.25, 0.3) is 0 Å². The maximum Gasteiger partial charge on any atom is 0.0766 e. The Kier molecular flexibility index (Phi) is 5.76. The molecule has 4 nitrogen and oxygen atoms in total. The van der Waals surface area contributed by atoms with Crippen LogP contribution < -0.4 is 11.5 Å². The van der Waals surface area contributed by atoms with E-state index in [1.165, 1.54) is 5.56 Å². The summed E-state index contributed by atoms with van der Waals surface area (Å²) in [5, 5.41) is 7.35. The van der Waals surface area contributed by atoms with Crippen LogP contribution in [0.3, 0.4) is 0 Å². The molecule has 0 fully saturated rings. The topological polar surface area (TPSA) is 77.8 Å². The fourth-order valence-electron chi connectivity index (χ4n) is 1.06. The molecule has 4 heteroatoms. The molecule has 0 saturated carbocycles. The van der Waals surface area contributed by atoms with Gasteiger partial charge in [-0.25, -0.2) is 0 Å². The van der Waals surface area contributed by atoms with E-state index in [2.05, 4.69) is 10.2 Å². The zero-order valence-corrected chi connectivity index (χ0v) is 9.08. The molecule has 0 amide bonds. The molecular formula is C12H16N4. The van der Waals surface area contributed by atoms with Crippen LogP contribution in [0.25, 0.3) is 0 Å². The summed E-state index contributed by atoms with van der Waals surface area (Å²) in [6.45, 7) is 1.11. The van der Waals surface area contributed by atoms with E-state index in [9.17, 15) is 0 Å². The van der Waals surface area contributed by atoms with Crippen LogP contribution in [-0.2, 0) is 13.1 Å². The van der Waals surface area contributed by atoms with Gasteiger partial charge in [-0.05, 0) is 17.7 Å². The van der Waals surface area contributed by atoms with E-state index in [4.69, 9.17) is 11.5 Å². The summed E-state index contributed by atoms with van der Waals surface area (Å²) in [4.78, 5) is 0. The number of hydrogen-bond acceptors (Lipinski definition) is 4. The maximum absolute atomic E-state index is 5.35. The molecule has 0 unspecified atom stereocenters. The van der Waals surface area contributed by atoms with Gasteiger partial charge in [0.2, 0.25) is 0 Å². The van der Waals surface area contributed by atoms with Crippen LogP contribution in [0, 0.1) is 0 Å². The Bertz CT molecular complexity index is 335. The first-order valence-electron chi connectivity index (χ1n) is 5.07. The number of nitrogens with two attached hydrogens (primary N) is 2. The van der Waals surface area contributed by atoms with Crippen molar-refractivity contribution in [3.8, 4) is 0 Å². The Labute approximate surface area is 95.3 Å². The molecule has 1 aromatic carbocycles. The first-order valence-corrected chi connectivity index (χ1v) is 5.07. The highest BCUT2D eigenvalue weighted by atomic mass is 15.1. The lowest BCUT2D eigenvalue weighted by molar-refractivity contribution is 0.898. The number of benzene rings is 1. The average Bonchev–Trinajstić information content (AvgIpc) is 2.41. The van der Waals surface area contributed by atoms with Crippen LogP contribution in [0.1, 0.15) is 11.3 Å². The molecule has 4 N–H and O–H groups in total. The average molecular weight is 216 g/mol. The summed E-state index contributed by atoms with van der Waals surface area (Å²) in [5.41, 5.74) is 12.6. The van der Waals surface area contributed by atoms with Gasteiger partial charge in [0.1, 0.15) is 0 Å². The molecule has 0 saturated heterocycles. The summed E-state index contributed by atoms with van der Waals surface area (Å²) in [6, 6.07) is 13.6. The number of aromatic nitrogens is 2. The Balaban J connectivity index is 0.000000160. The second-order valence-corrected chi connectivity index (χ2v) is 3.11. The number of hydrogen-bond donors (Lipinski definition) is 2. The van der Waals surface area contributed by atoms with Gasteiger partial charge in [0.05, 0.1) is 5.69 Å². The Morgan fingerprint density at radius 1 is 0.875 bits per heavy atom. The lowest BCUT2D eigenvalue weighted by Gasteiger charge is -1.90. The summed E-state index contributed by atoms with van der Waals surface area (Å²) in [6.07, 6.45) is 1.62. The van der Waals surface area contributed by atoms with Gasteiger partial charge in [-0.3, -0.25) is 0 Å². The van der Waals surface area contributed by atoms with E-state index in [0.717, 1.165) is 5.69 Å². The van der Waals surface area contributed by atoms with Crippen molar-refractivity contribution in [3.63, 3.8) is 0 Å². The van der Waals surface area contributed by atoms with Gasteiger partial charge in [-0.1, -0.05) is 30.3 Å². The zero-order chi connectivity index (χ0) is 11.6. The van der Waals surface area contributed by atoms with Crippen LogP contribution in [0.5, 0.6) is 0 Å². The van der Waals surface area contributed by atoms with Gasteiger partial charge in [-0.15, -0.1) is 0 Å². The highest BCUT2D eigenvalue weighted by Crippen LogP contribution is 1.94. The molecule has 84 valence electrons. The van der Waals surface area contributed by atoms with E-state index >= 15 is 0 Å². The molecular weight excluding hydrogens is 200 g/mol. The quantitative estimate of drug-likeness (QED) is 0.787. The van der Waals surface area contributed by atoms with E-state index in [0.29, 0.717) is 13.1 Å².